The zero-order valence-electron chi connectivity index (χ0n) is 9.29. The fourth-order valence-electron chi connectivity index (χ4n) is 1.23. The van der Waals surface area contributed by atoms with E-state index in [0.717, 1.165) is 24.3 Å². The van der Waals surface area contributed by atoms with Gasteiger partial charge in [0.2, 0.25) is 0 Å². The van der Waals surface area contributed by atoms with Crippen molar-refractivity contribution in [1.29, 1.82) is 0 Å². The van der Waals surface area contributed by atoms with E-state index in [9.17, 15) is 17.6 Å². The number of rotatable bonds is 4. The number of hydrogen-bond acceptors (Lipinski definition) is 2. The van der Waals surface area contributed by atoms with Crippen LogP contribution in [0.4, 0.5) is 17.6 Å². The summed E-state index contributed by atoms with van der Waals surface area (Å²) in [5.41, 5.74) is 0. The normalized spacial score (nSPS) is 10.1. The average molecular weight is 349 g/mol. The molecule has 0 fully saturated rings. The van der Waals surface area contributed by atoms with E-state index in [1.807, 2.05) is 0 Å². The Hall–Kier alpha value is -1.36. The van der Waals surface area contributed by atoms with Gasteiger partial charge in [-0.1, -0.05) is 0 Å². The van der Waals surface area contributed by atoms with Crippen molar-refractivity contribution in [2.75, 3.05) is 0 Å². The van der Waals surface area contributed by atoms with Crippen LogP contribution in [0.1, 0.15) is 0 Å². The monoisotopic (exact) mass is 348 g/mol. The van der Waals surface area contributed by atoms with Gasteiger partial charge in [0.1, 0.15) is 0 Å². The summed E-state index contributed by atoms with van der Waals surface area (Å²) in [7, 11) is 0. The van der Waals surface area contributed by atoms with Crippen LogP contribution in [0.3, 0.4) is 0 Å². The second-order valence-corrected chi connectivity index (χ2v) is 4.85. The Balaban J connectivity index is 1.96. The van der Waals surface area contributed by atoms with Gasteiger partial charge in [0, 0.05) is 0 Å². The molecule has 0 aliphatic heterocycles. The fourth-order valence-corrected chi connectivity index (χ4v) is 2.58. The van der Waals surface area contributed by atoms with Crippen molar-refractivity contribution in [2.24, 2.45) is 0 Å². The predicted octanol–water partition coefficient (Wildman–Crippen LogP) is 3.61. The Morgan fingerprint density at radius 3 is 1.47 bits per heavy atom. The molecule has 0 unspecified atom stereocenters. The quantitative estimate of drug-likeness (QED) is 0.785. The molecule has 0 bridgehead atoms. The Morgan fingerprint density at radius 1 is 0.684 bits per heavy atom. The van der Waals surface area contributed by atoms with Crippen LogP contribution in [0.15, 0.2) is 36.4 Å². The molecular weight excluding hydrogens is 343 g/mol. The van der Waals surface area contributed by atoms with Gasteiger partial charge in [0.05, 0.1) is 0 Å². The fraction of sp³-hybridized carbons (Fsp3) is 0. The minimum absolute atomic E-state index is 0.157. The molecule has 7 heteroatoms. The summed E-state index contributed by atoms with van der Waals surface area (Å²) in [5, 5.41) is 0. The topological polar surface area (TPSA) is 18.5 Å². The maximum absolute atomic E-state index is 13.2. The van der Waals surface area contributed by atoms with E-state index in [1.165, 1.54) is 0 Å². The van der Waals surface area contributed by atoms with Crippen LogP contribution in [-0.4, -0.2) is 0 Å². The summed E-state index contributed by atoms with van der Waals surface area (Å²) < 4.78 is 61.7. The third-order valence-corrected chi connectivity index (χ3v) is 3.58. The molecule has 0 saturated heterocycles. The standard InChI is InChI=1S/2C6H4F2O.Zr/c2*7-4-1-2-6(9)5(8)3-4;/h2*1-3,9H;/q;;+2/p-2. The van der Waals surface area contributed by atoms with Gasteiger partial charge in [-0.25, -0.2) is 0 Å². The second kappa shape index (κ2) is 6.19. The molecule has 19 heavy (non-hydrogen) atoms. The number of halogens is 4. The van der Waals surface area contributed by atoms with Crippen LogP contribution < -0.4 is 5.63 Å². The van der Waals surface area contributed by atoms with Gasteiger partial charge >= 0.3 is 118 Å². The van der Waals surface area contributed by atoms with Gasteiger partial charge in [-0.05, 0) is 0 Å². The molecule has 0 spiro atoms. The molecular formula is C12H6F4O2Zr. The first kappa shape index (κ1) is 14.1. The Kier molecular flexibility index (Phi) is 4.58. The molecule has 98 valence electrons. The van der Waals surface area contributed by atoms with Gasteiger partial charge in [-0.3, -0.25) is 0 Å². The first-order valence-corrected chi connectivity index (χ1v) is 7.06. The summed E-state index contributed by atoms with van der Waals surface area (Å²) in [6.45, 7) is 0. The van der Waals surface area contributed by atoms with E-state index >= 15 is 0 Å². The van der Waals surface area contributed by atoms with Gasteiger partial charge < -0.3 is 0 Å². The SMILES string of the molecule is Fc1ccc([O][Zr][O]c2ccc(F)cc2F)c(F)c1. The first-order valence-electron chi connectivity index (χ1n) is 5.05. The summed E-state index contributed by atoms with van der Waals surface area (Å²) in [6, 6.07) is 5.67. The van der Waals surface area contributed by atoms with Crippen LogP contribution in [0.25, 0.3) is 0 Å². The van der Waals surface area contributed by atoms with Crippen LogP contribution in [0, 0.1) is 23.3 Å². The Bertz CT molecular complexity index is 540. The molecule has 0 aliphatic rings. The number of benzene rings is 2. The zero-order chi connectivity index (χ0) is 13.8. The third kappa shape index (κ3) is 3.80. The van der Waals surface area contributed by atoms with E-state index in [2.05, 4.69) is 0 Å². The minimum atomic E-state index is -2.06. The molecule has 0 radical (unpaired) electrons. The molecule has 2 aromatic rings. The van der Waals surface area contributed by atoms with E-state index in [-0.39, 0.29) is 11.5 Å². The summed E-state index contributed by atoms with van der Waals surface area (Å²) in [5.74, 6) is -3.47. The van der Waals surface area contributed by atoms with E-state index in [4.69, 9.17) is 5.63 Å². The van der Waals surface area contributed by atoms with Crippen molar-refractivity contribution in [3.63, 3.8) is 0 Å². The van der Waals surface area contributed by atoms with Crippen molar-refractivity contribution in [3.05, 3.63) is 59.7 Å². The van der Waals surface area contributed by atoms with E-state index in [0.29, 0.717) is 12.1 Å². The molecule has 2 aromatic carbocycles. The molecule has 0 heterocycles. The van der Waals surface area contributed by atoms with Gasteiger partial charge in [-0.2, -0.15) is 0 Å². The van der Waals surface area contributed by atoms with Crippen molar-refractivity contribution in [1.82, 2.24) is 0 Å². The molecule has 0 saturated carbocycles. The molecule has 2 nitrogen and oxygen atoms in total. The van der Waals surface area contributed by atoms with Crippen LogP contribution in [-0.2, 0) is 24.1 Å². The summed E-state index contributed by atoms with van der Waals surface area (Å²) in [4.78, 5) is 0. The van der Waals surface area contributed by atoms with Crippen molar-refractivity contribution >= 4 is 0 Å². The molecule has 0 aliphatic carbocycles. The summed E-state index contributed by atoms with van der Waals surface area (Å²) >= 11 is -2.06. The van der Waals surface area contributed by atoms with Crippen molar-refractivity contribution < 1.29 is 47.3 Å². The molecule has 0 aromatic heterocycles. The molecule has 2 rings (SSSR count). The van der Waals surface area contributed by atoms with Gasteiger partial charge in [0.15, 0.2) is 0 Å². The molecule has 0 amide bonds. The zero-order valence-corrected chi connectivity index (χ0v) is 11.8. The van der Waals surface area contributed by atoms with E-state index in [1.54, 1.807) is 0 Å². The summed E-state index contributed by atoms with van der Waals surface area (Å²) in [6.07, 6.45) is 0. The maximum atomic E-state index is 13.2. The van der Waals surface area contributed by atoms with Gasteiger partial charge in [-0.15, -0.1) is 0 Å². The second-order valence-electron chi connectivity index (χ2n) is 3.44. The predicted molar refractivity (Wildman–Crippen MR) is 54.0 cm³/mol. The van der Waals surface area contributed by atoms with Crippen molar-refractivity contribution in [3.8, 4) is 11.5 Å². The Morgan fingerprint density at radius 2 is 1.11 bits per heavy atom. The van der Waals surface area contributed by atoms with E-state index < -0.39 is 47.4 Å². The Labute approximate surface area is 118 Å². The molecule has 0 N–H and O–H groups in total. The van der Waals surface area contributed by atoms with Crippen molar-refractivity contribution in [2.45, 2.75) is 0 Å². The van der Waals surface area contributed by atoms with Gasteiger partial charge in [0.25, 0.3) is 0 Å². The average Bonchev–Trinajstić information content (AvgIpc) is 2.34. The first-order chi connectivity index (χ1) is 9.06. The number of hydrogen-bond donors (Lipinski definition) is 0. The van der Waals surface area contributed by atoms with Crippen LogP contribution in [0.2, 0.25) is 0 Å². The molecule has 0 atom stereocenters. The van der Waals surface area contributed by atoms with Crippen LogP contribution >= 0.6 is 0 Å². The third-order valence-electron chi connectivity index (χ3n) is 2.09. The van der Waals surface area contributed by atoms with Crippen LogP contribution in [0.5, 0.6) is 11.5 Å².